The van der Waals surface area contributed by atoms with Gasteiger partial charge in [-0.3, -0.25) is 9.59 Å². The molecule has 0 saturated carbocycles. The van der Waals surface area contributed by atoms with Crippen LogP contribution in [0.1, 0.15) is 63.9 Å². The van der Waals surface area contributed by atoms with Crippen molar-refractivity contribution in [2.45, 2.75) is 60.5 Å². The molecule has 1 atom stereocenters. The van der Waals surface area contributed by atoms with E-state index >= 15 is 0 Å². The summed E-state index contributed by atoms with van der Waals surface area (Å²) in [5, 5.41) is 2.86. The highest BCUT2D eigenvalue weighted by molar-refractivity contribution is 6.04. The number of amides is 2. The van der Waals surface area contributed by atoms with Gasteiger partial charge < -0.3 is 15.1 Å². The molecule has 0 spiro atoms. The molecule has 2 amide bonds. The molecule has 0 saturated heterocycles. The normalized spacial score (nSPS) is 12.4. The van der Waals surface area contributed by atoms with Gasteiger partial charge in [0.05, 0.1) is 0 Å². The van der Waals surface area contributed by atoms with E-state index in [1.807, 2.05) is 42.1 Å². The summed E-state index contributed by atoms with van der Waals surface area (Å²) in [5.74, 6) is -0.425. The smallest absolute Gasteiger partial charge is 0.255 e. The van der Waals surface area contributed by atoms with E-state index in [1.54, 1.807) is 6.07 Å². The largest absolute Gasteiger partial charge is 0.377 e. The van der Waals surface area contributed by atoms with Crippen LogP contribution in [0.2, 0.25) is 0 Å². The molecule has 0 unspecified atom stereocenters. The van der Waals surface area contributed by atoms with E-state index in [9.17, 15) is 14.0 Å². The highest BCUT2D eigenvalue weighted by Gasteiger charge is 2.27. The van der Waals surface area contributed by atoms with Crippen LogP contribution in [0, 0.1) is 17.2 Å². The molecular weight excluding hydrogens is 417 g/mol. The van der Waals surface area contributed by atoms with E-state index in [4.69, 9.17) is 0 Å². The van der Waals surface area contributed by atoms with Crippen molar-refractivity contribution < 1.29 is 14.0 Å². The fourth-order valence-corrected chi connectivity index (χ4v) is 3.62. The van der Waals surface area contributed by atoms with E-state index < -0.39 is 5.82 Å². The first kappa shape index (κ1) is 26.4. The number of benzene rings is 2. The molecule has 2 aromatic carbocycles. The predicted molar refractivity (Wildman–Crippen MR) is 134 cm³/mol. The van der Waals surface area contributed by atoms with Crippen molar-refractivity contribution >= 4 is 23.2 Å². The van der Waals surface area contributed by atoms with E-state index in [-0.39, 0.29) is 28.8 Å². The van der Waals surface area contributed by atoms with Crippen LogP contribution < -0.4 is 10.2 Å². The number of nitrogens with zero attached hydrogens (tertiary/aromatic N) is 2. The third kappa shape index (κ3) is 7.58. The highest BCUT2D eigenvalue weighted by Crippen LogP contribution is 2.29. The summed E-state index contributed by atoms with van der Waals surface area (Å²) in [6.45, 7) is 12.9. The lowest BCUT2D eigenvalue weighted by Crippen LogP contribution is -2.42. The van der Waals surface area contributed by atoms with Gasteiger partial charge in [0.2, 0.25) is 5.91 Å². The van der Waals surface area contributed by atoms with Crippen molar-refractivity contribution in [2.75, 3.05) is 24.3 Å². The Balaban J connectivity index is 2.38. The monoisotopic (exact) mass is 455 g/mol. The quantitative estimate of drug-likeness (QED) is 0.535. The molecule has 0 aromatic heterocycles. The molecule has 0 radical (unpaired) electrons. The van der Waals surface area contributed by atoms with Crippen LogP contribution in [0.15, 0.2) is 42.5 Å². The van der Waals surface area contributed by atoms with Crippen LogP contribution in [0.25, 0.3) is 0 Å². The molecule has 0 bridgehead atoms. The van der Waals surface area contributed by atoms with Gasteiger partial charge in [-0.25, -0.2) is 4.39 Å². The van der Waals surface area contributed by atoms with Crippen molar-refractivity contribution in [3.05, 3.63) is 59.4 Å². The van der Waals surface area contributed by atoms with Crippen LogP contribution in [0.3, 0.4) is 0 Å². The first-order valence-corrected chi connectivity index (χ1v) is 11.4. The summed E-state index contributed by atoms with van der Waals surface area (Å²) < 4.78 is 13.5. The molecule has 0 fully saturated rings. The maximum atomic E-state index is 13.5. The highest BCUT2D eigenvalue weighted by atomic mass is 19.1. The first-order valence-electron chi connectivity index (χ1n) is 11.4. The Morgan fingerprint density at radius 2 is 1.70 bits per heavy atom. The van der Waals surface area contributed by atoms with Crippen LogP contribution in [-0.2, 0) is 11.3 Å². The Kier molecular flexibility index (Phi) is 8.64. The summed E-state index contributed by atoms with van der Waals surface area (Å²) in [6, 6.07) is 11.3. The zero-order valence-electron chi connectivity index (χ0n) is 21.2. The second-order valence-electron chi connectivity index (χ2n) is 10.4. The third-order valence-corrected chi connectivity index (χ3v) is 5.70. The number of anilines is 2. The fourth-order valence-electron chi connectivity index (χ4n) is 3.62. The minimum Gasteiger partial charge on any atom is -0.377 e. The lowest BCUT2D eigenvalue weighted by atomic mass is 9.90. The molecule has 6 heteroatoms. The van der Waals surface area contributed by atoms with Gasteiger partial charge in [-0.2, -0.15) is 0 Å². The van der Waals surface area contributed by atoms with Crippen LogP contribution in [0.5, 0.6) is 0 Å². The van der Waals surface area contributed by atoms with Crippen molar-refractivity contribution in [3.8, 4) is 0 Å². The number of rotatable bonds is 8. The molecule has 0 heterocycles. The summed E-state index contributed by atoms with van der Waals surface area (Å²) in [7, 11) is 3.91. The molecular formula is C27H38FN3O2. The average Bonchev–Trinajstić information content (AvgIpc) is 2.70. The molecule has 33 heavy (non-hydrogen) atoms. The van der Waals surface area contributed by atoms with E-state index in [2.05, 4.69) is 46.9 Å². The number of hydrogen-bond donors (Lipinski definition) is 1. The Morgan fingerprint density at radius 3 is 2.24 bits per heavy atom. The van der Waals surface area contributed by atoms with Gasteiger partial charge in [0, 0.05) is 50.0 Å². The molecule has 5 nitrogen and oxygen atoms in total. The molecule has 180 valence electrons. The number of halogens is 1. The topological polar surface area (TPSA) is 52.7 Å². The van der Waals surface area contributed by atoms with Crippen LogP contribution in [-0.4, -0.2) is 36.9 Å². The van der Waals surface area contributed by atoms with Crippen molar-refractivity contribution in [3.63, 3.8) is 0 Å². The number of carbonyl (C=O) groups is 2. The molecule has 2 rings (SSSR count). The zero-order chi connectivity index (χ0) is 24.9. The van der Waals surface area contributed by atoms with Gasteiger partial charge in [0.25, 0.3) is 5.91 Å². The van der Waals surface area contributed by atoms with Crippen LogP contribution in [0.4, 0.5) is 15.8 Å². The summed E-state index contributed by atoms with van der Waals surface area (Å²) in [5.41, 5.74) is 2.65. The zero-order valence-corrected chi connectivity index (χ0v) is 21.2. The van der Waals surface area contributed by atoms with E-state index in [1.165, 1.54) is 18.2 Å². The van der Waals surface area contributed by atoms with E-state index in [0.29, 0.717) is 24.6 Å². The van der Waals surface area contributed by atoms with Crippen molar-refractivity contribution in [1.82, 2.24) is 4.90 Å². The maximum Gasteiger partial charge on any atom is 0.255 e. The van der Waals surface area contributed by atoms with Gasteiger partial charge in [-0.15, -0.1) is 0 Å². The molecule has 2 aromatic rings. The fraction of sp³-hybridized carbons (Fsp3) is 0.481. The minimum absolute atomic E-state index is 0.0559. The second-order valence-corrected chi connectivity index (χ2v) is 10.4. The molecule has 1 N–H and O–H groups in total. The lowest BCUT2D eigenvalue weighted by molar-refractivity contribution is -0.136. The third-order valence-electron chi connectivity index (χ3n) is 5.70. The molecule has 0 aliphatic rings. The average molecular weight is 456 g/mol. The van der Waals surface area contributed by atoms with Gasteiger partial charge in [-0.05, 0) is 60.2 Å². The maximum absolute atomic E-state index is 13.5. The number of nitrogens with one attached hydrogen (secondary N) is 1. The predicted octanol–water partition coefficient (Wildman–Crippen LogP) is 5.95. The SMILES string of the molecule is CC(C)[C@H](C)N(Cc1cc(NC(=O)c2cccc(F)c2)ccc1N(C)C)C(=O)CC(C)(C)C. The van der Waals surface area contributed by atoms with Gasteiger partial charge in [-0.1, -0.05) is 40.7 Å². The van der Waals surface area contributed by atoms with E-state index in [0.717, 1.165) is 11.3 Å². The second kappa shape index (κ2) is 10.8. The van der Waals surface area contributed by atoms with Crippen LogP contribution >= 0.6 is 0 Å². The minimum atomic E-state index is -0.457. The van der Waals surface area contributed by atoms with Gasteiger partial charge >= 0.3 is 0 Å². The lowest BCUT2D eigenvalue weighted by Gasteiger charge is -2.35. The summed E-state index contributed by atoms with van der Waals surface area (Å²) in [6.07, 6.45) is 0.456. The number of hydrogen-bond acceptors (Lipinski definition) is 3. The Hall–Kier alpha value is -2.89. The van der Waals surface area contributed by atoms with Crippen molar-refractivity contribution in [1.29, 1.82) is 0 Å². The van der Waals surface area contributed by atoms with Gasteiger partial charge in [0.15, 0.2) is 0 Å². The number of carbonyl (C=O) groups excluding carboxylic acids is 2. The standard InChI is InChI=1S/C27H38FN3O2/c1-18(2)19(3)31(25(32)16-27(4,5)6)17-21-15-23(12-13-24(21)30(7)8)29-26(33)20-10-9-11-22(28)14-20/h9-15,18-19H,16-17H2,1-8H3,(H,29,33)/t19-/m0/s1. The summed E-state index contributed by atoms with van der Waals surface area (Å²) >= 11 is 0. The Morgan fingerprint density at radius 1 is 1.03 bits per heavy atom. The van der Waals surface area contributed by atoms with Crippen molar-refractivity contribution in [2.24, 2.45) is 11.3 Å². The summed E-state index contributed by atoms with van der Waals surface area (Å²) in [4.78, 5) is 29.8. The Labute approximate surface area is 198 Å². The molecule has 0 aliphatic heterocycles. The Bertz CT molecular complexity index is 980. The molecule has 0 aliphatic carbocycles. The van der Waals surface area contributed by atoms with Gasteiger partial charge in [0.1, 0.15) is 5.82 Å². The first-order chi connectivity index (χ1) is 15.3.